The Morgan fingerprint density at radius 2 is 2.06 bits per heavy atom. The van der Waals surface area contributed by atoms with E-state index in [0.717, 1.165) is 12.8 Å². The van der Waals surface area contributed by atoms with E-state index < -0.39 is 5.95 Å². The lowest BCUT2D eigenvalue weighted by Gasteiger charge is -2.32. The minimum absolute atomic E-state index is 0.0977. The van der Waals surface area contributed by atoms with Crippen molar-refractivity contribution in [3.05, 3.63) is 24.3 Å². The number of nitrogens with zero attached hydrogens (tertiary/aromatic N) is 1. The minimum Gasteiger partial charge on any atom is -0.490 e. The van der Waals surface area contributed by atoms with E-state index in [-0.39, 0.29) is 18.3 Å². The average Bonchev–Trinajstić information content (AvgIpc) is 2.15. The Labute approximate surface area is 94.6 Å². The summed E-state index contributed by atoms with van der Waals surface area (Å²) in [7, 11) is 0. The zero-order valence-electron chi connectivity index (χ0n) is 9.52. The molecule has 1 saturated heterocycles. The van der Waals surface area contributed by atoms with Crippen molar-refractivity contribution in [3.63, 3.8) is 0 Å². The molecule has 2 heterocycles. The first-order valence-corrected chi connectivity index (χ1v) is 5.57. The molecule has 0 aromatic carbocycles. The predicted molar refractivity (Wildman–Crippen MR) is 57.9 cm³/mol. The molecular weight excluding hydrogens is 209 g/mol. The molecule has 16 heavy (non-hydrogen) atoms. The standard InChI is InChI=1S/C12H16FNO2/c1-8-5-11(6-9(2)15-8)16-10-3-4-14-12(13)7-10/h3-4,7-9,11H,5-6H2,1-2H3. The maximum absolute atomic E-state index is 12.9. The first-order valence-electron chi connectivity index (χ1n) is 5.57. The molecule has 1 aliphatic heterocycles. The fourth-order valence-corrected chi connectivity index (χ4v) is 2.09. The molecule has 0 saturated carbocycles. The molecule has 0 bridgehead atoms. The number of hydrogen-bond acceptors (Lipinski definition) is 3. The molecule has 0 N–H and O–H groups in total. The van der Waals surface area contributed by atoms with Gasteiger partial charge in [0, 0.05) is 25.1 Å². The normalized spacial score (nSPS) is 30.1. The second-order valence-electron chi connectivity index (χ2n) is 4.28. The number of halogens is 1. The van der Waals surface area contributed by atoms with Crippen LogP contribution in [0.15, 0.2) is 18.3 Å². The van der Waals surface area contributed by atoms with Crippen LogP contribution < -0.4 is 4.74 Å². The highest BCUT2D eigenvalue weighted by Gasteiger charge is 2.25. The molecule has 2 rings (SSSR count). The van der Waals surface area contributed by atoms with Crippen molar-refractivity contribution >= 4 is 0 Å². The van der Waals surface area contributed by atoms with Gasteiger partial charge in [-0.2, -0.15) is 4.39 Å². The molecule has 0 radical (unpaired) electrons. The van der Waals surface area contributed by atoms with Crippen LogP contribution in [0.1, 0.15) is 26.7 Å². The van der Waals surface area contributed by atoms with Crippen molar-refractivity contribution in [2.24, 2.45) is 0 Å². The van der Waals surface area contributed by atoms with Crippen LogP contribution >= 0.6 is 0 Å². The van der Waals surface area contributed by atoms with E-state index in [1.165, 1.54) is 12.3 Å². The second kappa shape index (κ2) is 4.78. The smallest absolute Gasteiger partial charge is 0.216 e. The number of aromatic nitrogens is 1. The number of rotatable bonds is 2. The maximum Gasteiger partial charge on any atom is 0.216 e. The van der Waals surface area contributed by atoms with Gasteiger partial charge < -0.3 is 9.47 Å². The van der Waals surface area contributed by atoms with Crippen LogP contribution in [0.25, 0.3) is 0 Å². The molecule has 88 valence electrons. The van der Waals surface area contributed by atoms with E-state index in [4.69, 9.17) is 9.47 Å². The van der Waals surface area contributed by atoms with Gasteiger partial charge in [0.25, 0.3) is 0 Å². The van der Waals surface area contributed by atoms with Gasteiger partial charge in [0.05, 0.1) is 12.2 Å². The molecule has 4 heteroatoms. The molecule has 1 aromatic heterocycles. The SMILES string of the molecule is CC1CC(Oc2ccnc(F)c2)CC(C)O1. The quantitative estimate of drug-likeness (QED) is 0.725. The van der Waals surface area contributed by atoms with E-state index in [9.17, 15) is 4.39 Å². The highest BCUT2D eigenvalue weighted by molar-refractivity contribution is 5.18. The van der Waals surface area contributed by atoms with Crippen LogP contribution in [0.5, 0.6) is 5.75 Å². The highest BCUT2D eigenvalue weighted by Crippen LogP contribution is 2.23. The van der Waals surface area contributed by atoms with Crippen molar-refractivity contribution in [2.45, 2.75) is 45.0 Å². The van der Waals surface area contributed by atoms with Crippen LogP contribution in [0.2, 0.25) is 0 Å². The van der Waals surface area contributed by atoms with Gasteiger partial charge in [-0.15, -0.1) is 0 Å². The van der Waals surface area contributed by atoms with Crippen LogP contribution in [0.3, 0.4) is 0 Å². The summed E-state index contributed by atoms with van der Waals surface area (Å²) in [6.45, 7) is 4.05. The molecule has 3 nitrogen and oxygen atoms in total. The Balaban J connectivity index is 1.98. The topological polar surface area (TPSA) is 31.4 Å². The first kappa shape index (κ1) is 11.3. The van der Waals surface area contributed by atoms with E-state index in [2.05, 4.69) is 4.98 Å². The summed E-state index contributed by atoms with van der Waals surface area (Å²) in [5.41, 5.74) is 0. The van der Waals surface area contributed by atoms with Gasteiger partial charge >= 0.3 is 0 Å². The Hall–Kier alpha value is -1.16. The summed E-state index contributed by atoms with van der Waals surface area (Å²) in [5, 5.41) is 0. The fraction of sp³-hybridized carbons (Fsp3) is 0.583. The highest BCUT2D eigenvalue weighted by atomic mass is 19.1. The summed E-state index contributed by atoms with van der Waals surface area (Å²) in [4.78, 5) is 3.49. The van der Waals surface area contributed by atoms with Crippen molar-refractivity contribution in [1.29, 1.82) is 0 Å². The van der Waals surface area contributed by atoms with E-state index in [0.29, 0.717) is 5.75 Å². The molecule has 1 aromatic rings. The molecule has 0 aliphatic carbocycles. The lowest BCUT2D eigenvalue weighted by atomic mass is 10.0. The summed E-state index contributed by atoms with van der Waals surface area (Å²) in [6, 6.07) is 2.98. The third-order valence-corrected chi connectivity index (χ3v) is 2.66. The van der Waals surface area contributed by atoms with E-state index >= 15 is 0 Å². The molecule has 0 amide bonds. The van der Waals surface area contributed by atoms with Gasteiger partial charge in [0.1, 0.15) is 11.9 Å². The van der Waals surface area contributed by atoms with Gasteiger partial charge in [-0.1, -0.05) is 0 Å². The third-order valence-electron chi connectivity index (χ3n) is 2.66. The van der Waals surface area contributed by atoms with Crippen molar-refractivity contribution in [1.82, 2.24) is 4.98 Å². The van der Waals surface area contributed by atoms with Crippen LogP contribution in [-0.4, -0.2) is 23.3 Å². The van der Waals surface area contributed by atoms with E-state index in [1.807, 2.05) is 13.8 Å². The van der Waals surface area contributed by atoms with Crippen LogP contribution in [-0.2, 0) is 4.74 Å². The monoisotopic (exact) mass is 225 g/mol. The summed E-state index contributed by atoms with van der Waals surface area (Å²) in [6.07, 6.45) is 3.58. The molecule has 1 aliphatic rings. The van der Waals surface area contributed by atoms with Crippen molar-refractivity contribution in [3.8, 4) is 5.75 Å². The Morgan fingerprint density at radius 1 is 1.38 bits per heavy atom. The molecule has 1 fully saturated rings. The number of hydrogen-bond donors (Lipinski definition) is 0. The summed E-state index contributed by atoms with van der Waals surface area (Å²) >= 11 is 0. The van der Waals surface area contributed by atoms with E-state index in [1.54, 1.807) is 6.07 Å². The zero-order valence-corrected chi connectivity index (χ0v) is 9.52. The lowest BCUT2D eigenvalue weighted by Crippen LogP contribution is -2.35. The molecular formula is C12H16FNO2. The lowest BCUT2D eigenvalue weighted by molar-refractivity contribution is -0.0721. The maximum atomic E-state index is 12.9. The Bertz CT molecular complexity index is 349. The van der Waals surface area contributed by atoms with Crippen molar-refractivity contribution < 1.29 is 13.9 Å². The fourth-order valence-electron chi connectivity index (χ4n) is 2.09. The average molecular weight is 225 g/mol. The zero-order chi connectivity index (χ0) is 11.5. The Kier molecular flexibility index (Phi) is 3.39. The first-order chi connectivity index (χ1) is 7.63. The van der Waals surface area contributed by atoms with Gasteiger partial charge in [0.15, 0.2) is 0 Å². The van der Waals surface area contributed by atoms with Crippen molar-refractivity contribution in [2.75, 3.05) is 0 Å². The largest absolute Gasteiger partial charge is 0.490 e. The van der Waals surface area contributed by atoms with Gasteiger partial charge in [-0.05, 0) is 19.9 Å². The van der Waals surface area contributed by atoms with Crippen LogP contribution in [0, 0.1) is 5.95 Å². The molecule has 2 unspecified atom stereocenters. The third kappa shape index (κ3) is 2.92. The summed E-state index contributed by atoms with van der Waals surface area (Å²) < 4.78 is 24.2. The van der Waals surface area contributed by atoms with Crippen LogP contribution in [0.4, 0.5) is 4.39 Å². The number of ether oxygens (including phenoxy) is 2. The van der Waals surface area contributed by atoms with Gasteiger partial charge in [-0.3, -0.25) is 0 Å². The predicted octanol–water partition coefficient (Wildman–Crippen LogP) is 2.56. The Morgan fingerprint density at radius 3 is 2.69 bits per heavy atom. The second-order valence-corrected chi connectivity index (χ2v) is 4.28. The number of pyridine rings is 1. The summed E-state index contributed by atoms with van der Waals surface area (Å²) in [5.74, 6) is 0.0319. The van der Waals surface area contributed by atoms with Gasteiger partial charge in [0.2, 0.25) is 5.95 Å². The van der Waals surface area contributed by atoms with Gasteiger partial charge in [-0.25, -0.2) is 4.98 Å². The molecule has 2 atom stereocenters. The molecule has 0 spiro atoms. The minimum atomic E-state index is -0.509.